The largest absolute Gasteiger partial charge is 0.490 e. The predicted molar refractivity (Wildman–Crippen MR) is 105 cm³/mol. The van der Waals surface area contributed by atoms with Gasteiger partial charge in [0.05, 0.1) is 0 Å². The lowest BCUT2D eigenvalue weighted by molar-refractivity contribution is 0.217. The summed E-state index contributed by atoms with van der Waals surface area (Å²) < 4.78 is 21.8. The van der Waals surface area contributed by atoms with Gasteiger partial charge in [-0.1, -0.05) is 0 Å². The van der Waals surface area contributed by atoms with Crippen LogP contribution in [0.4, 0.5) is 0 Å². The molecule has 0 atom stereocenters. The van der Waals surface area contributed by atoms with Gasteiger partial charge in [-0.3, -0.25) is 0 Å². The second kappa shape index (κ2) is 7.23. The van der Waals surface area contributed by atoms with E-state index in [2.05, 4.69) is 0 Å². The topological polar surface area (TPSA) is 78.9 Å². The van der Waals surface area contributed by atoms with E-state index < -0.39 is 0 Å². The van der Waals surface area contributed by atoms with Gasteiger partial charge in [0.25, 0.3) is 0 Å². The van der Waals surface area contributed by atoms with E-state index in [1.807, 2.05) is 38.1 Å². The Kier molecular flexibility index (Phi) is 4.61. The number of hydrogen-bond acceptors (Lipinski definition) is 6. The molecule has 0 amide bonds. The van der Waals surface area contributed by atoms with Crippen LogP contribution >= 0.6 is 0 Å². The van der Waals surface area contributed by atoms with Crippen LogP contribution in [0.15, 0.2) is 67.0 Å². The fraction of sp³-hybridized carbons (Fsp3) is 0.182. The van der Waals surface area contributed by atoms with Crippen molar-refractivity contribution in [3.63, 3.8) is 0 Å². The van der Waals surface area contributed by atoms with Crippen LogP contribution in [0.2, 0.25) is 0 Å². The van der Waals surface area contributed by atoms with Gasteiger partial charge in [0.2, 0.25) is 0 Å². The Labute approximate surface area is 159 Å². The summed E-state index contributed by atoms with van der Waals surface area (Å²) in [4.78, 5) is 23.0. The van der Waals surface area contributed by atoms with Crippen LogP contribution in [0.1, 0.15) is 11.1 Å². The molecule has 0 radical (unpaired) electrons. The zero-order valence-corrected chi connectivity index (χ0v) is 15.5. The summed E-state index contributed by atoms with van der Waals surface area (Å²) in [7, 11) is 0. The molecule has 4 rings (SSSR count). The molecule has 2 aromatic heterocycles. The van der Waals surface area contributed by atoms with Crippen LogP contribution in [-0.2, 0) is 0 Å². The number of ether oxygens (including phenoxy) is 2. The first-order chi connectivity index (χ1) is 13.5. The smallest absolute Gasteiger partial charge is 0.336 e. The van der Waals surface area contributed by atoms with Crippen molar-refractivity contribution in [1.29, 1.82) is 0 Å². The molecule has 4 aromatic rings. The first-order valence-corrected chi connectivity index (χ1v) is 8.84. The second-order valence-electron chi connectivity index (χ2n) is 6.51. The lowest BCUT2D eigenvalue weighted by atomic mass is 10.1. The Morgan fingerprint density at radius 1 is 0.679 bits per heavy atom. The number of benzene rings is 2. The van der Waals surface area contributed by atoms with Gasteiger partial charge >= 0.3 is 11.3 Å². The van der Waals surface area contributed by atoms with Gasteiger partial charge in [-0.15, -0.1) is 0 Å². The summed E-state index contributed by atoms with van der Waals surface area (Å²) in [6.45, 7) is 4.33. The van der Waals surface area contributed by atoms with E-state index in [0.29, 0.717) is 35.9 Å². The average Bonchev–Trinajstić information content (AvgIpc) is 2.64. The molecule has 0 saturated heterocycles. The lowest BCUT2D eigenvalue weighted by Crippen LogP contribution is -2.09. The highest BCUT2D eigenvalue weighted by Crippen LogP contribution is 2.23. The fourth-order valence-electron chi connectivity index (χ4n) is 3.11. The van der Waals surface area contributed by atoms with Crippen LogP contribution in [0.3, 0.4) is 0 Å². The summed E-state index contributed by atoms with van der Waals surface area (Å²) in [5.74, 6) is 1.18. The van der Waals surface area contributed by atoms with E-state index in [1.165, 1.54) is 12.1 Å². The van der Waals surface area contributed by atoms with Gasteiger partial charge in [0, 0.05) is 35.0 Å². The average molecular weight is 378 g/mol. The van der Waals surface area contributed by atoms with E-state index in [4.69, 9.17) is 18.3 Å². The predicted octanol–water partition coefficient (Wildman–Crippen LogP) is 3.97. The maximum absolute atomic E-state index is 11.5. The van der Waals surface area contributed by atoms with E-state index in [9.17, 15) is 9.59 Å². The molecule has 6 nitrogen and oxygen atoms in total. The van der Waals surface area contributed by atoms with E-state index >= 15 is 0 Å². The zero-order valence-electron chi connectivity index (χ0n) is 15.5. The van der Waals surface area contributed by atoms with E-state index in [-0.39, 0.29) is 11.3 Å². The van der Waals surface area contributed by atoms with Gasteiger partial charge in [0.15, 0.2) is 0 Å². The maximum Gasteiger partial charge on any atom is 0.336 e. The molecule has 0 aliphatic rings. The van der Waals surface area contributed by atoms with Gasteiger partial charge in [-0.05, 0) is 49.2 Å². The normalized spacial score (nSPS) is 11.1. The Morgan fingerprint density at radius 3 is 1.54 bits per heavy atom. The van der Waals surface area contributed by atoms with Gasteiger partial charge in [-0.2, -0.15) is 0 Å². The highest BCUT2D eigenvalue weighted by Gasteiger charge is 2.06. The second-order valence-corrected chi connectivity index (χ2v) is 6.51. The fourth-order valence-corrected chi connectivity index (χ4v) is 3.11. The number of aryl methyl sites for hydroxylation is 2. The minimum Gasteiger partial charge on any atom is -0.490 e. The van der Waals surface area contributed by atoms with Crippen molar-refractivity contribution < 1.29 is 18.3 Å². The van der Waals surface area contributed by atoms with Gasteiger partial charge < -0.3 is 18.3 Å². The zero-order chi connectivity index (χ0) is 19.7. The summed E-state index contributed by atoms with van der Waals surface area (Å²) in [6, 6.07) is 13.7. The molecule has 0 unspecified atom stereocenters. The molecule has 0 fully saturated rings. The third kappa shape index (κ3) is 3.62. The quantitative estimate of drug-likeness (QED) is 0.386. The van der Waals surface area contributed by atoms with Crippen LogP contribution in [0, 0.1) is 13.8 Å². The SMILES string of the molecule is Cc1cc(=O)oc2cc(OCCOc3ccc4c(C)cc(=O)oc4c3)ccc12. The summed E-state index contributed by atoms with van der Waals surface area (Å²) in [6.07, 6.45) is 0. The summed E-state index contributed by atoms with van der Waals surface area (Å²) in [5, 5.41) is 1.74. The van der Waals surface area contributed by atoms with Gasteiger partial charge in [-0.25, -0.2) is 9.59 Å². The third-order valence-corrected chi connectivity index (χ3v) is 4.47. The van der Waals surface area contributed by atoms with E-state index in [1.54, 1.807) is 12.1 Å². The molecule has 0 aliphatic heterocycles. The van der Waals surface area contributed by atoms with Crippen molar-refractivity contribution in [1.82, 2.24) is 0 Å². The number of fused-ring (bicyclic) bond motifs is 2. The monoisotopic (exact) mass is 378 g/mol. The third-order valence-electron chi connectivity index (χ3n) is 4.47. The highest BCUT2D eigenvalue weighted by atomic mass is 16.5. The first kappa shape index (κ1) is 17.9. The molecular formula is C22H18O6. The Morgan fingerprint density at radius 2 is 1.11 bits per heavy atom. The standard InChI is InChI=1S/C22H18O6/c1-13-9-21(23)27-19-11-15(3-5-17(13)19)25-7-8-26-16-4-6-18-14(2)10-22(24)28-20(18)12-16/h3-6,9-12H,7-8H2,1-2H3. The van der Waals surface area contributed by atoms with Crippen LogP contribution in [0.25, 0.3) is 21.9 Å². The molecule has 0 N–H and O–H groups in total. The maximum atomic E-state index is 11.5. The molecule has 6 heteroatoms. The number of rotatable bonds is 5. The van der Waals surface area contributed by atoms with Crippen molar-refractivity contribution in [3.05, 3.63) is 80.5 Å². The van der Waals surface area contributed by atoms with Crippen molar-refractivity contribution in [2.75, 3.05) is 13.2 Å². The van der Waals surface area contributed by atoms with Crippen molar-refractivity contribution >= 4 is 21.9 Å². The summed E-state index contributed by atoms with van der Waals surface area (Å²) in [5.41, 5.74) is 1.93. The Hall–Kier alpha value is -3.54. The molecule has 0 saturated carbocycles. The lowest BCUT2D eigenvalue weighted by Gasteiger charge is -2.10. The van der Waals surface area contributed by atoms with E-state index in [0.717, 1.165) is 21.9 Å². The van der Waals surface area contributed by atoms with Crippen LogP contribution < -0.4 is 20.7 Å². The van der Waals surface area contributed by atoms with Gasteiger partial charge in [0.1, 0.15) is 35.9 Å². The number of hydrogen-bond donors (Lipinski definition) is 0. The van der Waals surface area contributed by atoms with Crippen molar-refractivity contribution in [2.45, 2.75) is 13.8 Å². The Balaban J connectivity index is 1.42. The molecule has 28 heavy (non-hydrogen) atoms. The van der Waals surface area contributed by atoms with Crippen molar-refractivity contribution in [2.24, 2.45) is 0 Å². The van der Waals surface area contributed by atoms with Crippen molar-refractivity contribution in [3.8, 4) is 11.5 Å². The minimum absolute atomic E-state index is 0.303. The Bertz CT molecular complexity index is 1180. The first-order valence-electron chi connectivity index (χ1n) is 8.84. The molecule has 142 valence electrons. The van der Waals surface area contributed by atoms with Crippen LogP contribution in [0.5, 0.6) is 11.5 Å². The molecule has 0 bridgehead atoms. The molecule has 2 heterocycles. The molecule has 2 aromatic carbocycles. The molecular weight excluding hydrogens is 360 g/mol. The molecule has 0 aliphatic carbocycles. The minimum atomic E-state index is -0.385. The molecule has 0 spiro atoms. The highest BCUT2D eigenvalue weighted by molar-refractivity contribution is 5.82. The summed E-state index contributed by atoms with van der Waals surface area (Å²) >= 11 is 0. The van der Waals surface area contributed by atoms with Crippen LogP contribution in [-0.4, -0.2) is 13.2 Å².